The normalized spacial score (nSPS) is 14.3. The van der Waals surface area contributed by atoms with Crippen LogP contribution in [0.25, 0.3) is 0 Å². The monoisotopic (exact) mass is 1380 g/mol. The quantitative estimate of drug-likeness (QED) is 0.0222. The van der Waals surface area contributed by atoms with Gasteiger partial charge < -0.3 is 33.8 Å². The molecule has 19 heteroatoms. The van der Waals surface area contributed by atoms with Gasteiger partial charge in [-0.25, -0.2) is 9.13 Å². The number of phosphoric ester groups is 2. The minimum absolute atomic E-state index is 0.107. The zero-order valence-corrected chi connectivity index (χ0v) is 63.1. The SMILES string of the molecule is CCCCCCCCCCCCCC(=O)O[C@H](COC(=O)CCCCCCCCCCC)COP(=O)(O)OC[C@H](O)COP(=O)(O)OC[C@@H](COC(=O)CCCCCCCCCCCC(C)C)OC(=O)CCCCCCCCCCCCCCCCCCCCC(C)CC. The number of esters is 4. The van der Waals surface area contributed by atoms with Crippen LogP contribution < -0.4 is 0 Å². The van der Waals surface area contributed by atoms with Crippen LogP contribution in [0.3, 0.4) is 0 Å². The van der Waals surface area contributed by atoms with Crippen LogP contribution in [0.1, 0.15) is 388 Å². The molecule has 0 aliphatic carbocycles. The van der Waals surface area contributed by atoms with Gasteiger partial charge in [-0.15, -0.1) is 0 Å². The number of ether oxygens (including phenoxy) is 4. The molecule has 0 saturated heterocycles. The van der Waals surface area contributed by atoms with Gasteiger partial charge in [-0.05, 0) is 37.5 Å². The lowest BCUT2D eigenvalue weighted by Crippen LogP contribution is -2.30. The van der Waals surface area contributed by atoms with Crippen LogP contribution >= 0.6 is 15.6 Å². The molecule has 0 aromatic heterocycles. The number of hydrogen-bond donors (Lipinski definition) is 3. The number of aliphatic hydroxyl groups is 1. The summed E-state index contributed by atoms with van der Waals surface area (Å²) in [5.74, 6) is -0.504. The smallest absolute Gasteiger partial charge is 0.462 e. The Morgan fingerprint density at radius 1 is 0.309 bits per heavy atom. The van der Waals surface area contributed by atoms with Crippen LogP contribution in [0, 0.1) is 11.8 Å². The van der Waals surface area contributed by atoms with Gasteiger partial charge in [0.1, 0.15) is 19.3 Å². The lowest BCUT2D eigenvalue weighted by atomic mass is 9.99. The average Bonchev–Trinajstić information content (AvgIpc) is 1.26. The molecule has 0 saturated carbocycles. The van der Waals surface area contributed by atoms with E-state index in [2.05, 4.69) is 41.5 Å². The fourth-order valence-corrected chi connectivity index (χ4v) is 13.0. The van der Waals surface area contributed by atoms with E-state index < -0.39 is 97.5 Å². The molecule has 0 fully saturated rings. The van der Waals surface area contributed by atoms with E-state index in [4.69, 9.17) is 37.0 Å². The maximum atomic E-state index is 13.1. The third-order valence-corrected chi connectivity index (χ3v) is 19.7. The molecular weight excluding hydrogens is 1230 g/mol. The number of carbonyl (C=O) groups is 4. The highest BCUT2D eigenvalue weighted by Gasteiger charge is 2.30. The number of rotatable bonds is 74. The predicted molar refractivity (Wildman–Crippen MR) is 381 cm³/mol. The summed E-state index contributed by atoms with van der Waals surface area (Å²) in [6.45, 7) is 9.61. The molecule has 6 atom stereocenters. The lowest BCUT2D eigenvalue weighted by molar-refractivity contribution is -0.161. The van der Waals surface area contributed by atoms with Crippen molar-refractivity contribution >= 4 is 39.5 Å². The second-order valence-electron chi connectivity index (χ2n) is 27.8. The van der Waals surface area contributed by atoms with E-state index in [0.717, 1.165) is 102 Å². The van der Waals surface area contributed by atoms with Crippen LogP contribution in [-0.4, -0.2) is 96.7 Å². The van der Waals surface area contributed by atoms with Gasteiger partial charge in [-0.3, -0.25) is 37.3 Å². The van der Waals surface area contributed by atoms with Gasteiger partial charge in [0.25, 0.3) is 0 Å². The minimum atomic E-state index is -4.96. The molecule has 0 rings (SSSR count). The summed E-state index contributed by atoms with van der Waals surface area (Å²) in [6.07, 6.45) is 54.1. The molecule has 3 unspecified atom stereocenters. The Bertz CT molecular complexity index is 1820. The summed E-state index contributed by atoms with van der Waals surface area (Å²) in [6, 6.07) is 0. The molecule has 0 aromatic carbocycles. The lowest BCUT2D eigenvalue weighted by Gasteiger charge is -2.21. The van der Waals surface area contributed by atoms with Crippen molar-refractivity contribution in [1.82, 2.24) is 0 Å². The molecule has 0 radical (unpaired) electrons. The summed E-state index contributed by atoms with van der Waals surface area (Å²) in [7, 11) is -9.90. The summed E-state index contributed by atoms with van der Waals surface area (Å²) < 4.78 is 68.4. The number of unbranched alkanes of at least 4 members (excludes halogenated alkanes) is 43. The van der Waals surface area contributed by atoms with Gasteiger partial charge >= 0.3 is 39.5 Å². The fraction of sp³-hybridized carbons (Fsp3) is 0.947. The molecule has 0 aliphatic rings. The largest absolute Gasteiger partial charge is 0.472 e. The van der Waals surface area contributed by atoms with Gasteiger partial charge in [0.05, 0.1) is 26.4 Å². The Labute approximate surface area is 575 Å². The first kappa shape index (κ1) is 92.1. The Morgan fingerprint density at radius 2 is 0.543 bits per heavy atom. The van der Waals surface area contributed by atoms with Crippen LogP contribution in [0.2, 0.25) is 0 Å². The molecule has 0 heterocycles. The van der Waals surface area contributed by atoms with Gasteiger partial charge in [0, 0.05) is 25.7 Å². The number of phosphoric acid groups is 2. The number of aliphatic hydroxyl groups excluding tert-OH is 1. The Hall–Kier alpha value is -1.94. The van der Waals surface area contributed by atoms with E-state index in [1.807, 2.05) is 0 Å². The first-order chi connectivity index (χ1) is 45.4. The van der Waals surface area contributed by atoms with Crippen molar-refractivity contribution in [1.29, 1.82) is 0 Å². The van der Waals surface area contributed by atoms with E-state index in [1.54, 1.807) is 0 Å². The first-order valence-corrected chi connectivity index (χ1v) is 42.0. The maximum Gasteiger partial charge on any atom is 0.472 e. The minimum Gasteiger partial charge on any atom is -0.462 e. The topological polar surface area (TPSA) is 237 Å². The second-order valence-corrected chi connectivity index (χ2v) is 30.7. The van der Waals surface area contributed by atoms with E-state index in [-0.39, 0.29) is 25.7 Å². The first-order valence-electron chi connectivity index (χ1n) is 39.0. The molecular formula is C75H146O17P2. The van der Waals surface area contributed by atoms with Crippen molar-refractivity contribution in [3.8, 4) is 0 Å². The standard InChI is InChI=1S/C75H146O17P2/c1-7-10-12-14-16-18-27-34-41-47-53-59-74(79)91-70(63-85-72(77)57-51-45-39-31-17-15-13-11-8-2)65-89-93(81,82)87-61-69(76)62-88-94(83,84)90-66-71(64-86-73(78)58-52-46-40-36-30-32-37-43-49-55-67(4)5)92-75(80)60-54-48-42-35-29-26-24-22-20-19-21-23-25-28-33-38-44-50-56-68(6)9-3/h67-71,76H,7-66H2,1-6H3,(H,81,82)(H,83,84)/t68?,69-,70+,71+/m0/s1. The van der Waals surface area contributed by atoms with Gasteiger partial charge in [0.2, 0.25) is 0 Å². The highest BCUT2D eigenvalue weighted by atomic mass is 31.2. The summed E-state index contributed by atoms with van der Waals surface area (Å²) in [5, 5.41) is 10.6. The van der Waals surface area contributed by atoms with Crippen molar-refractivity contribution in [3.63, 3.8) is 0 Å². The molecule has 0 spiro atoms. The highest BCUT2D eigenvalue weighted by Crippen LogP contribution is 2.45. The van der Waals surface area contributed by atoms with E-state index in [0.29, 0.717) is 25.7 Å². The van der Waals surface area contributed by atoms with Crippen LogP contribution in [-0.2, 0) is 65.4 Å². The highest BCUT2D eigenvalue weighted by molar-refractivity contribution is 7.47. The molecule has 558 valence electrons. The molecule has 94 heavy (non-hydrogen) atoms. The Kier molecular flexibility index (Phi) is 65.5. The fourth-order valence-electron chi connectivity index (χ4n) is 11.4. The molecule has 0 aliphatic heterocycles. The zero-order chi connectivity index (χ0) is 69.3. The van der Waals surface area contributed by atoms with Crippen molar-refractivity contribution in [2.24, 2.45) is 11.8 Å². The third kappa shape index (κ3) is 67.3. The summed E-state index contributed by atoms with van der Waals surface area (Å²) >= 11 is 0. The number of carbonyl (C=O) groups excluding carboxylic acids is 4. The summed E-state index contributed by atoms with van der Waals surface area (Å²) in [5.41, 5.74) is 0. The molecule has 0 amide bonds. The summed E-state index contributed by atoms with van der Waals surface area (Å²) in [4.78, 5) is 72.6. The molecule has 0 aromatic rings. The molecule has 3 N–H and O–H groups in total. The average molecular weight is 1380 g/mol. The number of hydrogen-bond acceptors (Lipinski definition) is 15. The third-order valence-electron chi connectivity index (χ3n) is 17.8. The molecule has 0 bridgehead atoms. The zero-order valence-electron chi connectivity index (χ0n) is 61.3. The Balaban J connectivity index is 5.16. The van der Waals surface area contributed by atoms with Gasteiger partial charge in [0.15, 0.2) is 12.2 Å². The molecule has 17 nitrogen and oxygen atoms in total. The van der Waals surface area contributed by atoms with Crippen LogP contribution in [0.15, 0.2) is 0 Å². The van der Waals surface area contributed by atoms with Gasteiger partial charge in [-0.2, -0.15) is 0 Å². The second kappa shape index (κ2) is 66.9. The Morgan fingerprint density at radius 3 is 0.809 bits per heavy atom. The maximum absolute atomic E-state index is 13.1. The van der Waals surface area contributed by atoms with Crippen LogP contribution in [0.5, 0.6) is 0 Å². The van der Waals surface area contributed by atoms with Gasteiger partial charge in [-0.1, -0.05) is 337 Å². The van der Waals surface area contributed by atoms with Crippen molar-refractivity contribution in [2.75, 3.05) is 39.6 Å². The van der Waals surface area contributed by atoms with Crippen molar-refractivity contribution < 1.29 is 80.2 Å². The van der Waals surface area contributed by atoms with E-state index >= 15 is 0 Å². The van der Waals surface area contributed by atoms with E-state index in [1.165, 1.54) is 205 Å². The van der Waals surface area contributed by atoms with Crippen LogP contribution in [0.4, 0.5) is 0 Å². The van der Waals surface area contributed by atoms with Crippen molar-refractivity contribution in [3.05, 3.63) is 0 Å². The predicted octanol–water partition coefficient (Wildman–Crippen LogP) is 21.9. The van der Waals surface area contributed by atoms with E-state index in [9.17, 15) is 43.2 Å². The van der Waals surface area contributed by atoms with Crippen molar-refractivity contribution in [2.45, 2.75) is 407 Å².